The number of para-hydroxylation sites is 1. The number of thiazole rings is 1. The second-order valence-electron chi connectivity index (χ2n) is 5.35. The Bertz CT molecular complexity index is 903. The topological polar surface area (TPSA) is 61.1 Å². The summed E-state index contributed by atoms with van der Waals surface area (Å²) in [6.07, 6.45) is 0. The Balaban J connectivity index is 0.000000186. The van der Waals surface area contributed by atoms with Crippen LogP contribution in [0.3, 0.4) is 0 Å². The lowest BCUT2D eigenvalue weighted by Crippen LogP contribution is -2.32. The highest BCUT2D eigenvalue weighted by atomic mass is 32.2. The average molecular weight is 396 g/mol. The van der Waals surface area contributed by atoms with E-state index < -0.39 is 10.1 Å². The number of aryl methyl sites for hydroxylation is 2. The van der Waals surface area contributed by atoms with E-state index in [0.717, 1.165) is 12.1 Å². The number of hydrogen-bond donors (Lipinski definition) is 0. The molecule has 0 bridgehead atoms. The van der Waals surface area contributed by atoms with Gasteiger partial charge in [0.15, 0.2) is 6.54 Å². The SMILES string of the molecule is CCSCC[n+]1csc2ccccc21.Cc1ccc(S(=O)(=O)[O-])cc1. The van der Waals surface area contributed by atoms with Gasteiger partial charge in [-0.1, -0.05) is 48.1 Å². The van der Waals surface area contributed by atoms with Gasteiger partial charge in [0.05, 0.1) is 10.6 Å². The van der Waals surface area contributed by atoms with E-state index in [1.807, 2.05) is 30.0 Å². The van der Waals surface area contributed by atoms with E-state index in [1.54, 1.807) is 12.1 Å². The van der Waals surface area contributed by atoms with Gasteiger partial charge in [0.25, 0.3) is 0 Å². The Morgan fingerprint density at radius 3 is 2.44 bits per heavy atom. The molecule has 2 aromatic carbocycles. The quantitative estimate of drug-likeness (QED) is 0.374. The second-order valence-corrected chi connectivity index (χ2v) is 9.01. The molecule has 0 atom stereocenters. The van der Waals surface area contributed by atoms with Crippen LogP contribution in [0.4, 0.5) is 0 Å². The fraction of sp³-hybridized carbons (Fsp3) is 0.278. The standard InChI is InChI=1S/C11H14NS2.C7H8O3S/c1-2-13-8-7-12-9-14-11-6-4-3-5-10(11)12;1-6-2-4-7(5-3-6)11(8,9)10/h3-6,9H,2,7-8H2,1H3;2-5H,1H3,(H,8,9,10)/q+1;/p-1. The zero-order valence-electron chi connectivity index (χ0n) is 14.2. The fourth-order valence-corrected chi connectivity index (χ4v) is 4.16. The van der Waals surface area contributed by atoms with Crippen molar-refractivity contribution in [3.63, 3.8) is 0 Å². The first-order chi connectivity index (χ1) is 11.9. The molecule has 1 heterocycles. The Morgan fingerprint density at radius 2 is 1.80 bits per heavy atom. The van der Waals surface area contributed by atoms with E-state index >= 15 is 0 Å². The summed E-state index contributed by atoms with van der Waals surface area (Å²) in [6, 6.07) is 14.4. The predicted octanol–water partition coefficient (Wildman–Crippen LogP) is 3.84. The molecule has 0 fully saturated rings. The van der Waals surface area contributed by atoms with Gasteiger partial charge in [0.1, 0.15) is 14.8 Å². The molecule has 0 amide bonds. The third-order valence-electron chi connectivity index (χ3n) is 3.47. The molecule has 0 aliphatic rings. The zero-order chi connectivity index (χ0) is 18.3. The van der Waals surface area contributed by atoms with Crippen LogP contribution in [0.1, 0.15) is 12.5 Å². The minimum Gasteiger partial charge on any atom is -0.744 e. The van der Waals surface area contributed by atoms with Gasteiger partial charge in [-0.05, 0) is 30.9 Å². The molecule has 0 saturated carbocycles. The third kappa shape index (κ3) is 6.11. The maximum Gasteiger partial charge on any atom is 0.225 e. The van der Waals surface area contributed by atoms with Gasteiger partial charge in [-0.3, -0.25) is 0 Å². The highest BCUT2D eigenvalue weighted by Crippen LogP contribution is 2.15. The van der Waals surface area contributed by atoms with E-state index in [4.69, 9.17) is 0 Å². The van der Waals surface area contributed by atoms with Crippen LogP contribution in [-0.2, 0) is 16.7 Å². The minimum absolute atomic E-state index is 0.178. The molecule has 0 spiro atoms. The fourth-order valence-electron chi connectivity index (χ4n) is 2.16. The molecule has 0 radical (unpaired) electrons. The molecule has 0 N–H and O–H groups in total. The van der Waals surface area contributed by atoms with Gasteiger partial charge in [0, 0.05) is 6.07 Å². The van der Waals surface area contributed by atoms with Crippen molar-refractivity contribution in [1.82, 2.24) is 0 Å². The summed E-state index contributed by atoms with van der Waals surface area (Å²) >= 11 is 3.82. The van der Waals surface area contributed by atoms with Crippen LogP contribution in [-0.4, -0.2) is 24.5 Å². The van der Waals surface area contributed by atoms with Crippen molar-refractivity contribution in [2.45, 2.75) is 25.3 Å². The van der Waals surface area contributed by atoms with Crippen molar-refractivity contribution in [1.29, 1.82) is 0 Å². The Labute approximate surface area is 157 Å². The number of benzene rings is 2. The van der Waals surface area contributed by atoms with E-state index in [2.05, 4.69) is 41.3 Å². The van der Waals surface area contributed by atoms with Crippen LogP contribution < -0.4 is 4.57 Å². The molecule has 4 nitrogen and oxygen atoms in total. The van der Waals surface area contributed by atoms with Crippen LogP contribution in [0.25, 0.3) is 10.2 Å². The number of hydrogen-bond acceptors (Lipinski definition) is 5. The van der Waals surface area contributed by atoms with Crippen molar-refractivity contribution < 1.29 is 17.5 Å². The van der Waals surface area contributed by atoms with Gasteiger partial charge >= 0.3 is 0 Å². The molecule has 3 rings (SSSR count). The lowest BCUT2D eigenvalue weighted by atomic mass is 10.2. The molecule has 25 heavy (non-hydrogen) atoms. The maximum absolute atomic E-state index is 10.4. The van der Waals surface area contributed by atoms with Crippen LogP contribution in [0.5, 0.6) is 0 Å². The van der Waals surface area contributed by atoms with Crippen LogP contribution in [0, 0.1) is 6.92 Å². The molecule has 7 heteroatoms. The average Bonchev–Trinajstić information content (AvgIpc) is 2.99. The van der Waals surface area contributed by atoms with Crippen molar-refractivity contribution in [2.24, 2.45) is 0 Å². The Hall–Kier alpha value is -1.41. The van der Waals surface area contributed by atoms with Gasteiger partial charge in [-0.2, -0.15) is 16.3 Å². The molecule has 0 aliphatic carbocycles. The van der Waals surface area contributed by atoms with Crippen molar-refractivity contribution >= 4 is 43.4 Å². The van der Waals surface area contributed by atoms with Gasteiger partial charge in [-0.25, -0.2) is 8.42 Å². The van der Waals surface area contributed by atoms with Gasteiger partial charge < -0.3 is 4.55 Å². The van der Waals surface area contributed by atoms with E-state index in [9.17, 15) is 13.0 Å². The van der Waals surface area contributed by atoms with Crippen LogP contribution in [0.2, 0.25) is 0 Å². The molecule has 134 valence electrons. The molecular weight excluding hydrogens is 374 g/mol. The Kier molecular flexibility index (Phi) is 7.43. The lowest BCUT2D eigenvalue weighted by Gasteiger charge is -2.05. The first kappa shape index (κ1) is 19.9. The third-order valence-corrected chi connectivity index (χ3v) is 6.16. The molecule has 0 unspecified atom stereocenters. The van der Waals surface area contributed by atoms with E-state index in [0.29, 0.717) is 0 Å². The van der Waals surface area contributed by atoms with Crippen LogP contribution >= 0.6 is 23.1 Å². The summed E-state index contributed by atoms with van der Waals surface area (Å²) in [4.78, 5) is -0.178. The lowest BCUT2D eigenvalue weighted by molar-refractivity contribution is -0.662. The predicted molar refractivity (Wildman–Crippen MR) is 104 cm³/mol. The maximum atomic E-state index is 10.4. The molecule has 1 aromatic heterocycles. The van der Waals surface area contributed by atoms with E-state index in [1.165, 1.54) is 33.9 Å². The first-order valence-electron chi connectivity index (χ1n) is 7.88. The first-order valence-corrected chi connectivity index (χ1v) is 11.3. The zero-order valence-corrected chi connectivity index (χ0v) is 16.7. The highest BCUT2D eigenvalue weighted by Gasteiger charge is 2.09. The number of thioether (sulfide) groups is 1. The summed E-state index contributed by atoms with van der Waals surface area (Å²) in [6.45, 7) is 5.16. The molecule has 0 aliphatic heterocycles. The normalized spacial score (nSPS) is 11.2. The summed E-state index contributed by atoms with van der Waals surface area (Å²) in [5, 5.41) is 0. The van der Waals surface area contributed by atoms with Crippen molar-refractivity contribution in [2.75, 3.05) is 11.5 Å². The summed E-state index contributed by atoms with van der Waals surface area (Å²) < 4.78 is 34.9. The number of aromatic nitrogens is 1. The second kappa shape index (κ2) is 9.33. The highest BCUT2D eigenvalue weighted by molar-refractivity contribution is 7.99. The summed E-state index contributed by atoms with van der Waals surface area (Å²) in [7, 11) is -4.27. The Morgan fingerprint density at radius 1 is 1.12 bits per heavy atom. The van der Waals surface area contributed by atoms with Crippen LogP contribution in [0.15, 0.2) is 58.9 Å². The number of fused-ring (bicyclic) bond motifs is 1. The van der Waals surface area contributed by atoms with Gasteiger partial charge in [0.2, 0.25) is 11.0 Å². The smallest absolute Gasteiger partial charge is 0.225 e. The molecule has 0 saturated heterocycles. The summed E-state index contributed by atoms with van der Waals surface area (Å²) in [5.74, 6) is 2.42. The van der Waals surface area contributed by atoms with Crippen molar-refractivity contribution in [3.8, 4) is 0 Å². The van der Waals surface area contributed by atoms with Crippen molar-refractivity contribution in [3.05, 3.63) is 59.6 Å². The number of rotatable bonds is 5. The number of nitrogens with zero attached hydrogens (tertiary/aromatic N) is 1. The molecule has 3 aromatic rings. The summed E-state index contributed by atoms with van der Waals surface area (Å²) in [5.41, 5.74) is 4.52. The minimum atomic E-state index is -4.27. The van der Waals surface area contributed by atoms with Gasteiger partial charge in [-0.15, -0.1) is 0 Å². The molecular formula is C18H21NO3S3. The largest absolute Gasteiger partial charge is 0.744 e. The van der Waals surface area contributed by atoms with E-state index in [-0.39, 0.29) is 4.90 Å². The monoisotopic (exact) mass is 395 g/mol.